The van der Waals surface area contributed by atoms with E-state index in [1.165, 1.54) is 4.57 Å². The molecule has 0 unspecified atom stereocenters. The zero-order valence-corrected chi connectivity index (χ0v) is 21.8. The smallest absolute Gasteiger partial charge is 0.261 e. The molecule has 4 aromatic rings. The number of hydrogen-bond acceptors (Lipinski definition) is 5. The van der Waals surface area contributed by atoms with Gasteiger partial charge in [0.1, 0.15) is 24.1 Å². The van der Waals surface area contributed by atoms with Crippen LogP contribution >= 0.6 is 0 Å². The quantitative estimate of drug-likeness (QED) is 0.181. The summed E-state index contributed by atoms with van der Waals surface area (Å²) in [5.41, 5.74) is 4.34. The van der Waals surface area contributed by atoms with Gasteiger partial charge in [-0.25, -0.2) is 9.37 Å². The van der Waals surface area contributed by atoms with Gasteiger partial charge in [-0.3, -0.25) is 19.6 Å². The number of rotatable bonds is 9. The van der Waals surface area contributed by atoms with Crippen molar-refractivity contribution in [2.45, 2.75) is 32.9 Å². The lowest BCUT2D eigenvalue weighted by Gasteiger charge is -2.16. The maximum atomic E-state index is 14.0. The average Bonchev–Trinajstić information content (AvgIpc) is 2.95. The normalized spacial score (nSPS) is 10.7. The fourth-order valence-corrected chi connectivity index (χ4v) is 4.51. The Hall–Kier alpha value is -4.53. The van der Waals surface area contributed by atoms with Crippen LogP contribution in [0.1, 0.15) is 41.6 Å². The third-order valence-corrected chi connectivity index (χ3v) is 6.36. The van der Waals surface area contributed by atoms with Gasteiger partial charge in [0, 0.05) is 17.5 Å². The molecule has 0 bridgehead atoms. The Bertz CT molecular complexity index is 1550. The Labute approximate surface area is 227 Å². The molecule has 0 aliphatic rings. The van der Waals surface area contributed by atoms with Crippen molar-refractivity contribution in [2.24, 2.45) is 0 Å². The predicted octanol–water partition coefficient (Wildman–Crippen LogP) is 5.12. The zero-order chi connectivity index (χ0) is 27.9. The number of hydrogen-bond donors (Lipinski definition) is 2. The van der Waals surface area contributed by atoms with Gasteiger partial charge in [-0.1, -0.05) is 61.9 Å². The summed E-state index contributed by atoms with van der Waals surface area (Å²) >= 11 is 0. The molecule has 1 amide bonds. The Balaban J connectivity index is 1.72. The highest BCUT2D eigenvalue weighted by Gasteiger charge is 2.18. The molecule has 0 saturated heterocycles. The Morgan fingerprint density at radius 2 is 1.77 bits per heavy atom. The largest absolute Gasteiger partial charge is 0.497 e. The second kappa shape index (κ2) is 12.3. The fourth-order valence-electron chi connectivity index (χ4n) is 4.51. The van der Waals surface area contributed by atoms with Gasteiger partial charge in [-0.15, -0.1) is 0 Å². The van der Waals surface area contributed by atoms with Gasteiger partial charge in [0.25, 0.3) is 5.56 Å². The standard InChI is InChI=1S/C30H28BFN4O3/c1-3-6-26-25(29(37)36(27(18-32)34-26)21-13-15-22(39-2)16-14-21)17-19-9-11-20(12-10-19)23-7-4-5-8-24(23)28(33)35-30(31)38/h4-5,7-16H,3,6,17-18H2,1-2H3,(H2,33,35,38). The van der Waals surface area contributed by atoms with Crippen molar-refractivity contribution < 1.29 is 13.9 Å². The van der Waals surface area contributed by atoms with Crippen LogP contribution < -0.4 is 15.6 Å². The van der Waals surface area contributed by atoms with Crippen LogP contribution in [0.15, 0.2) is 77.6 Å². The van der Waals surface area contributed by atoms with Crippen molar-refractivity contribution in [3.8, 4) is 22.6 Å². The Kier molecular flexibility index (Phi) is 8.71. The van der Waals surface area contributed by atoms with Gasteiger partial charge in [-0.2, -0.15) is 0 Å². The van der Waals surface area contributed by atoms with E-state index in [4.69, 9.17) is 18.0 Å². The van der Waals surface area contributed by atoms with Crippen LogP contribution in [0.2, 0.25) is 0 Å². The molecule has 0 saturated carbocycles. The molecule has 2 N–H and O–H groups in total. The summed E-state index contributed by atoms with van der Waals surface area (Å²) in [6.07, 6.45) is 1.64. The minimum Gasteiger partial charge on any atom is -0.497 e. The van der Waals surface area contributed by atoms with Crippen LogP contribution in [0.5, 0.6) is 5.75 Å². The van der Waals surface area contributed by atoms with E-state index in [0.29, 0.717) is 41.1 Å². The maximum absolute atomic E-state index is 14.0. The number of ether oxygens (including phenoxy) is 1. The summed E-state index contributed by atoms with van der Waals surface area (Å²) in [4.78, 5) is 29.6. The van der Waals surface area contributed by atoms with Crippen molar-refractivity contribution in [3.05, 3.63) is 111 Å². The highest BCUT2D eigenvalue weighted by molar-refractivity contribution is 6.58. The predicted molar refractivity (Wildman–Crippen MR) is 151 cm³/mol. The molecule has 9 heteroatoms. The van der Waals surface area contributed by atoms with Crippen molar-refractivity contribution in [1.82, 2.24) is 14.9 Å². The van der Waals surface area contributed by atoms with E-state index >= 15 is 0 Å². The molecule has 0 atom stereocenters. The van der Waals surface area contributed by atoms with Crippen molar-refractivity contribution in [3.63, 3.8) is 0 Å². The molecule has 3 aromatic carbocycles. The molecule has 2 radical (unpaired) electrons. The average molecular weight is 522 g/mol. The molecule has 196 valence electrons. The van der Waals surface area contributed by atoms with Gasteiger partial charge in [0.15, 0.2) is 5.81 Å². The summed E-state index contributed by atoms with van der Waals surface area (Å²) in [5.74, 6) is -0.201. The number of nitrogens with one attached hydrogen (secondary N) is 2. The van der Waals surface area contributed by atoms with Gasteiger partial charge >= 0.3 is 0 Å². The van der Waals surface area contributed by atoms with E-state index in [0.717, 1.165) is 23.1 Å². The van der Waals surface area contributed by atoms with Crippen LogP contribution in [-0.2, 0) is 19.5 Å². The molecular formula is C30H28BFN4O3. The van der Waals surface area contributed by atoms with Crippen molar-refractivity contribution >= 4 is 19.5 Å². The van der Waals surface area contributed by atoms with Gasteiger partial charge in [-0.05, 0) is 47.4 Å². The van der Waals surface area contributed by atoms with E-state index in [-0.39, 0.29) is 17.2 Å². The summed E-state index contributed by atoms with van der Waals surface area (Å²) in [5, 5.41) is 10.5. The number of carbonyl (C=O) groups is 1. The second-order valence-electron chi connectivity index (χ2n) is 8.96. The lowest BCUT2D eigenvalue weighted by molar-refractivity contribution is 0.263. The molecule has 0 aliphatic carbocycles. The fraction of sp³-hybridized carbons (Fsp3) is 0.200. The number of nitrogens with zero attached hydrogens (tertiary/aromatic N) is 2. The third-order valence-electron chi connectivity index (χ3n) is 6.36. The Morgan fingerprint density at radius 3 is 2.38 bits per heavy atom. The van der Waals surface area contributed by atoms with Crippen molar-refractivity contribution in [1.29, 1.82) is 5.41 Å². The minimum atomic E-state index is -0.869. The number of carbonyl (C=O) groups excluding carboxylic acids is 1. The first-order valence-electron chi connectivity index (χ1n) is 12.5. The molecule has 0 fully saturated rings. The molecular weight excluding hydrogens is 494 g/mol. The maximum Gasteiger partial charge on any atom is 0.261 e. The van der Waals surface area contributed by atoms with E-state index < -0.39 is 12.5 Å². The number of alkyl halides is 1. The van der Waals surface area contributed by atoms with Crippen LogP contribution in [0.25, 0.3) is 16.8 Å². The third kappa shape index (κ3) is 6.14. The first-order chi connectivity index (χ1) is 18.9. The van der Waals surface area contributed by atoms with Crippen LogP contribution in [0, 0.1) is 5.41 Å². The van der Waals surface area contributed by atoms with Gasteiger partial charge in [0.05, 0.1) is 18.5 Å². The molecule has 4 rings (SSSR count). The summed E-state index contributed by atoms with van der Waals surface area (Å²) in [6, 6.07) is 21.7. The number of amides is 1. The number of aryl methyl sites for hydroxylation is 1. The first-order valence-corrected chi connectivity index (χ1v) is 12.5. The zero-order valence-electron chi connectivity index (χ0n) is 21.8. The van der Waals surface area contributed by atoms with Gasteiger partial charge in [0.2, 0.25) is 7.85 Å². The summed E-state index contributed by atoms with van der Waals surface area (Å²) in [6.45, 7) is 1.12. The lowest BCUT2D eigenvalue weighted by Crippen LogP contribution is -2.29. The molecule has 39 heavy (non-hydrogen) atoms. The number of aromatic nitrogens is 2. The lowest BCUT2D eigenvalue weighted by atomic mass is 9.95. The van der Waals surface area contributed by atoms with Crippen LogP contribution in [0.3, 0.4) is 0 Å². The molecule has 1 aromatic heterocycles. The highest BCUT2D eigenvalue weighted by Crippen LogP contribution is 2.25. The number of amidine groups is 1. The van der Waals surface area contributed by atoms with E-state index in [1.807, 2.05) is 43.3 Å². The second-order valence-corrected chi connectivity index (χ2v) is 8.96. The first kappa shape index (κ1) is 27.5. The Morgan fingerprint density at radius 1 is 1.08 bits per heavy atom. The van der Waals surface area contributed by atoms with E-state index in [2.05, 4.69) is 10.3 Å². The monoisotopic (exact) mass is 522 g/mol. The molecule has 0 aliphatic heterocycles. The SMILES string of the molecule is [B]C(=O)NC(=N)c1ccccc1-c1ccc(Cc2c(CCC)nc(CF)n(-c3ccc(OC)cc3)c2=O)cc1. The molecule has 0 spiro atoms. The summed E-state index contributed by atoms with van der Waals surface area (Å²) < 4.78 is 20.6. The van der Waals surface area contributed by atoms with E-state index in [9.17, 15) is 14.0 Å². The number of methoxy groups -OCH3 is 1. The van der Waals surface area contributed by atoms with Crippen LogP contribution in [-0.4, -0.2) is 36.1 Å². The molecule has 1 heterocycles. The van der Waals surface area contributed by atoms with E-state index in [1.54, 1.807) is 43.5 Å². The summed E-state index contributed by atoms with van der Waals surface area (Å²) in [7, 11) is 6.74. The highest BCUT2D eigenvalue weighted by atomic mass is 19.1. The minimum absolute atomic E-state index is 0.0661. The van der Waals surface area contributed by atoms with Gasteiger partial charge < -0.3 is 10.1 Å². The van der Waals surface area contributed by atoms with Crippen LogP contribution in [0.4, 0.5) is 9.18 Å². The van der Waals surface area contributed by atoms with Crippen molar-refractivity contribution in [2.75, 3.05) is 7.11 Å². The topological polar surface area (TPSA) is 97.1 Å². The number of benzene rings is 3. The molecule has 7 nitrogen and oxygen atoms in total. The number of halogens is 1.